The van der Waals surface area contributed by atoms with Gasteiger partial charge in [0.05, 0.1) is 0 Å². The number of benzene rings is 1. The number of ether oxygens (including phenoxy) is 1. The molecule has 0 aliphatic carbocycles. The first-order valence-corrected chi connectivity index (χ1v) is 7.15. The molecule has 1 aromatic carbocycles. The van der Waals surface area contributed by atoms with Crippen molar-refractivity contribution in [2.45, 2.75) is 32.7 Å². The van der Waals surface area contributed by atoms with Gasteiger partial charge >= 0.3 is 5.97 Å². The summed E-state index contributed by atoms with van der Waals surface area (Å²) in [6.45, 7) is 6.07. The van der Waals surface area contributed by atoms with E-state index in [-0.39, 0.29) is 5.41 Å². The zero-order valence-corrected chi connectivity index (χ0v) is 12.2. The van der Waals surface area contributed by atoms with E-state index in [1.807, 2.05) is 49.1 Å². The SMILES string of the molecule is CC1(C)CCCN(CCOc2ccccc2)C1C(=O)O. The van der Waals surface area contributed by atoms with Gasteiger partial charge in [-0.15, -0.1) is 0 Å². The van der Waals surface area contributed by atoms with E-state index in [0.29, 0.717) is 13.2 Å². The smallest absolute Gasteiger partial charge is 0.321 e. The van der Waals surface area contributed by atoms with Crippen LogP contribution < -0.4 is 4.74 Å². The number of carboxylic acid groups (broad SMARTS) is 1. The van der Waals surface area contributed by atoms with E-state index in [0.717, 1.165) is 25.1 Å². The molecule has 20 heavy (non-hydrogen) atoms. The van der Waals surface area contributed by atoms with Crippen LogP contribution in [0.2, 0.25) is 0 Å². The minimum absolute atomic E-state index is 0.184. The normalized spacial score (nSPS) is 22.4. The Hall–Kier alpha value is -1.55. The van der Waals surface area contributed by atoms with Gasteiger partial charge in [-0.05, 0) is 36.9 Å². The molecule has 0 radical (unpaired) electrons. The van der Waals surface area contributed by atoms with Crippen molar-refractivity contribution in [2.24, 2.45) is 5.41 Å². The average Bonchev–Trinajstić information content (AvgIpc) is 2.38. The zero-order chi connectivity index (χ0) is 14.6. The fourth-order valence-corrected chi connectivity index (χ4v) is 3.03. The number of hydrogen-bond donors (Lipinski definition) is 1. The highest BCUT2D eigenvalue weighted by molar-refractivity contribution is 5.74. The van der Waals surface area contributed by atoms with E-state index < -0.39 is 12.0 Å². The number of nitrogens with zero attached hydrogens (tertiary/aromatic N) is 1. The van der Waals surface area contributed by atoms with Gasteiger partial charge in [-0.1, -0.05) is 32.0 Å². The van der Waals surface area contributed by atoms with Crippen LogP contribution in [0.5, 0.6) is 5.75 Å². The van der Waals surface area contributed by atoms with Gasteiger partial charge in [-0.3, -0.25) is 9.69 Å². The maximum atomic E-state index is 11.5. The number of likely N-dealkylation sites (tertiary alicyclic amines) is 1. The third-order valence-electron chi connectivity index (χ3n) is 4.00. The average molecular weight is 277 g/mol. The van der Waals surface area contributed by atoms with E-state index in [1.54, 1.807) is 0 Å². The molecule has 1 aliphatic rings. The quantitative estimate of drug-likeness (QED) is 0.899. The lowest BCUT2D eigenvalue weighted by atomic mass is 9.76. The van der Waals surface area contributed by atoms with Crippen LogP contribution in [0.1, 0.15) is 26.7 Å². The summed E-state index contributed by atoms with van der Waals surface area (Å²) < 4.78 is 5.67. The van der Waals surface area contributed by atoms with Crippen molar-refractivity contribution in [3.63, 3.8) is 0 Å². The van der Waals surface area contributed by atoms with E-state index in [9.17, 15) is 9.90 Å². The summed E-state index contributed by atoms with van der Waals surface area (Å²) in [6.07, 6.45) is 2.00. The molecule has 0 saturated carbocycles. The summed E-state index contributed by atoms with van der Waals surface area (Å²) in [5.74, 6) is 0.102. The summed E-state index contributed by atoms with van der Waals surface area (Å²) in [5.41, 5.74) is -0.184. The maximum absolute atomic E-state index is 11.5. The maximum Gasteiger partial charge on any atom is 0.321 e. The summed E-state index contributed by atoms with van der Waals surface area (Å²) in [4.78, 5) is 13.6. The molecule has 4 nitrogen and oxygen atoms in total. The number of piperidine rings is 1. The molecule has 1 atom stereocenters. The molecule has 0 spiro atoms. The number of hydrogen-bond acceptors (Lipinski definition) is 3. The van der Waals surface area contributed by atoms with Gasteiger partial charge in [0.1, 0.15) is 18.4 Å². The van der Waals surface area contributed by atoms with E-state index in [2.05, 4.69) is 0 Å². The van der Waals surface area contributed by atoms with Gasteiger partial charge in [-0.25, -0.2) is 0 Å². The van der Waals surface area contributed by atoms with E-state index in [1.165, 1.54) is 0 Å². The van der Waals surface area contributed by atoms with Crippen LogP contribution in [0.4, 0.5) is 0 Å². The number of carboxylic acids is 1. The Morgan fingerprint density at radius 3 is 2.75 bits per heavy atom. The van der Waals surface area contributed by atoms with Crippen LogP contribution in [0.15, 0.2) is 30.3 Å². The summed E-state index contributed by atoms with van der Waals surface area (Å²) in [7, 11) is 0. The van der Waals surface area contributed by atoms with Gasteiger partial charge < -0.3 is 9.84 Å². The Labute approximate surface area is 120 Å². The molecule has 1 aromatic rings. The topological polar surface area (TPSA) is 49.8 Å². The standard InChI is InChI=1S/C16H23NO3/c1-16(2)9-6-10-17(14(16)15(18)19)11-12-20-13-7-4-3-5-8-13/h3-5,7-8,14H,6,9-12H2,1-2H3,(H,18,19). The van der Waals surface area contributed by atoms with Gasteiger partial charge in [0.15, 0.2) is 0 Å². The molecule has 110 valence electrons. The lowest BCUT2D eigenvalue weighted by Gasteiger charge is -2.43. The Balaban J connectivity index is 1.92. The number of aliphatic carboxylic acids is 1. The fourth-order valence-electron chi connectivity index (χ4n) is 3.03. The summed E-state index contributed by atoms with van der Waals surface area (Å²) in [5, 5.41) is 9.48. The first kappa shape index (κ1) is 14.9. The van der Waals surface area contributed by atoms with Crippen molar-refractivity contribution in [2.75, 3.05) is 19.7 Å². The molecule has 4 heteroatoms. The van der Waals surface area contributed by atoms with Gasteiger partial charge in [0.2, 0.25) is 0 Å². The summed E-state index contributed by atoms with van der Waals surface area (Å²) in [6, 6.07) is 9.21. The molecule has 0 aromatic heterocycles. The van der Waals surface area contributed by atoms with Crippen LogP contribution in [0.25, 0.3) is 0 Å². The zero-order valence-electron chi connectivity index (χ0n) is 12.2. The van der Waals surface area contributed by atoms with Crippen LogP contribution in [-0.4, -0.2) is 41.7 Å². The molecule has 1 unspecified atom stereocenters. The molecule has 1 heterocycles. The van der Waals surface area contributed by atoms with Crippen molar-refractivity contribution in [3.05, 3.63) is 30.3 Å². The largest absolute Gasteiger partial charge is 0.492 e. The van der Waals surface area contributed by atoms with Crippen LogP contribution in [0, 0.1) is 5.41 Å². The molecule has 1 saturated heterocycles. The Morgan fingerprint density at radius 2 is 2.10 bits per heavy atom. The first-order chi connectivity index (χ1) is 9.50. The van der Waals surface area contributed by atoms with Gasteiger partial charge in [0.25, 0.3) is 0 Å². The van der Waals surface area contributed by atoms with Crippen molar-refractivity contribution in [1.82, 2.24) is 4.90 Å². The highest BCUT2D eigenvalue weighted by Crippen LogP contribution is 2.35. The predicted molar refractivity (Wildman–Crippen MR) is 77.9 cm³/mol. The second-order valence-electron chi connectivity index (χ2n) is 6.03. The number of carbonyl (C=O) groups is 1. The van der Waals surface area contributed by atoms with Crippen molar-refractivity contribution < 1.29 is 14.6 Å². The van der Waals surface area contributed by atoms with Crippen molar-refractivity contribution in [3.8, 4) is 5.75 Å². The molecule has 1 fully saturated rings. The Kier molecular flexibility index (Phi) is 4.65. The Bertz CT molecular complexity index is 444. The van der Waals surface area contributed by atoms with Gasteiger partial charge in [0, 0.05) is 6.54 Å². The molecular weight excluding hydrogens is 254 g/mol. The lowest BCUT2D eigenvalue weighted by molar-refractivity contribution is -0.150. The van der Waals surface area contributed by atoms with Crippen LogP contribution in [0.3, 0.4) is 0 Å². The van der Waals surface area contributed by atoms with Gasteiger partial charge in [-0.2, -0.15) is 0 Å². The number of para-hydroxylation sites is 1. The molecule has 0 amide bonds. The summed E-state index contributed by atoms with van der Waals surface area (Å²) >= 11 is 0. The molecular formula is C16H23NO3. The predicted octanol–water partition coefficient (Wildman–Crippen LogP) is 2.64. The van der Waals surface area contributed by atoms with Crippen LogP contribution in [-0.2, 0) is 4.79 Å². The third-order valence-corrected chi connectivity index (χ3v) is 4.00. The van der Waals surface area contributed by atoms with Crippen molar-refractivity contribution >= 4 is 5.97 Å². The lowest BCUT2D eigenvalue weighted by Crippen LogP contribution is -2.55. The second-order valence-corrected chi connectivity index (χ2v) is 6.03. The van der Waals surface area contributed by atoms with Crippen LogP contribution >= 0.6 is 0 Å². The minimum Gasteiger partial charge on any atom is -0.492 e. The highest BCUT2D eigenvalue weighted by Gasteiger charge is 2.42. The second kappa shape index (κ2) is 6.27. The van der Waals surface area contributed by atoms with E-state index >= 15 is 0 Å². The first-order valence-electron chi connectivity index (χ1n) is 7.15. The van der Waals surface area contributed by atoms with Crippen molar-refractivity contribution in [1.29, 1.82) is 0 Å². The van der Waals surface area contributed by atoms with E-state index in [4.69, 9.17) is 4.74 Å². The Morgan fingerprint density at radius 1 is 1.40 bits per heavy atom. The minimum atomic E-state index is -0.727. The number of rotatable bonds is 5. The molecule has 1 aliphatic heterocycles. The highest BCUT2D eigenvalue weighted by atomic mass is 16.5. The fraction of sp³-hybridized carbons (Fsp3) is 0.562. The molecule has 0 bridgehead atoms. The molecule has 1 N–H and O–H groups in total. The molecule has 2 rings (SSSR count). The third kappa shape index (κ3) is 3.51. The monoisotopic (exact) mass is 277 g/mol.